The predicted octanol–water partition coefficient (Wildman–Crippen LogP) is 7.98. The standard InChI is InChI=1S/C27H19Cl6N5O4S3/c1-37-16-4-2-3-5-18(16)44-22(37)19-21(40)38(25(43)45-19)42-13-12-41-11-10-17(39)14-6-8-15(9-7-14)20-34-23(26(28,29)30)36-24(35-20)27(31,32)33/h2-9H,10-13H2,1H3/b22-19+. The minimum atomic E-state index is -1.99. The van der Waals surface area contributed by atoms with Crippen LogP contribution in [-0.4, -0.2) is 62.9 Å². The Morgan fingerprint density at radius 3 is 2.16 bits per heavy atom. The number of carbonyl (C=O) groups is 2. The molecule has 0 aliphatic carbocycles. The first-order chi connectivity index (χ1) is 21.2. The van der Waals surface area contributed by atoms with Crippen LogP contribution in [-0.2, 0) is 22.0 Å². The Balaban J connectivity index is 1.10. The van der Waals surface area contributed by atoms with Gasteiger partial charge in [-0.15, -0.1) is 0 Å². The van der Waals surface area contributed by atoms with Crippen molar-refractivity contribution >= 4 is 127 Å². The van der Waals surface area contributed by atoms with Crippen molar-refractivity contribution in [2.45, 2.75) is 18.9 Å². The number of fused-ring (bicyclic) bond motifs is 1. The Labute approximate surface area is 301 Å². The number of alkyl halides is 6. The molecule has 0 radical (unpaired) electrons. The fraction of sp³-hybridized carbons (Fsp3) is 0.259. The fourth-order valence-electron chi connectivity index (χ4n) is 4.06. The number of aromatic nitrogens is 3. The number of thiocarbonyl (C=S) groups is 1. The highest BCUT2D eigenvalue weighted by Gasteiger charge is 2.39. The molecule has 0 atom stereocenters. The summed E-state index contributed by atoms with van der Waals surface area (Å²) in [6.45, 7) is 0.351. The number of hydroxylamine groups is 2. The van der Waals surface area contributed by atoms with Crippen molar-refractivity contribution in [2.24, 2.45) is 0 Å². The number of para-hydroxylation sites is 1. The largest absolute Gasteiger partial charge is 0.378 e. The van der Waals surface area contributed by atoms with E-state index in [1.807, 2.05) is 36.2 Å². The first-order valence-electron chi connectivity index (χ1n) is 12.8. The molecule has 2 aliphatic heterocycles. The smallest absolute Gasteiger partial charge is 0.293 e. The number of Topliss-reactive ketones (excluding diaryl/α,β-unsaturated/α-hetero) is 1. The van der Waals surface area contributed by atoms with E-state index in [0.717, 1.165) is 20.7 Å². The van der Waals surface area contributed by atoms with Gasteiger partial charge in [-0.2, -0.15) is 5.06 Å². The molecule has 0 unspecified atom stereocenters. The van der Waals surface area contributed by atoms with Crippen LogP contribution >= 0.6 is 105 Å². The summed E-state index contributed by atoms with van der Waals surface area (Å²) in [5.41, 5.74) is 1.93. The maximum atomic E-state index is 13.1. The number of carbonyl (C=O) groups excluding carboxylic acids is 2. The van der Waals surface area contributed by atoms with Gasteiger partial charge in [-0.1, -0.05) is 118 Å². The number of thioether (sulfide) groups is 2. The molecule has 2 aromatic carbocycles. The van der Waals surface area contributed by atoms with Gasteiger partial charge in [0.15, 0.2) is 27.6 Å². The molecule has 0 bridgehead atoms. The molecule has 1 amide bonds. The molecule has 0 spiro atoms. The van der Waals surface area contributed by atoms with Crippen molar-refractivity contribution in [1.82, 2.24) is 20.0 Å². The minimum absolute atomic E-state index is 0.0689. The van der Waals surface area contributed by atoms with Crippen LogP contribution in [0.1, 0.15) is 28.4 Å². The predicted molar refractivity (Wildman–Crippen MR) is 184 cm³/mol. The summed E-state index contributed by atoms with van der Waals surface area (Å²) in [5, 5.41) is 1.91. The monoisotopic (exact) mass is 783 g/mol. The number of hydrogen-bond donors (Lipinski definition) is 0. The maximum absolute atomic E-state index is 13.1. The van der Waals surface area contributed by atoms with Crippen LogP contribution < -0.4 is 4.90 Å². The Morgan fingerprint density at radius 2 is 1.53 bits per heavy atom. The van der Waals surface area contributed by atoms with Gasteiger partial charge in [0.1, 0.15) is 4.91 Å². The third-order valence-electron chi connectivity index (χ3n) is 6.20. The summed E-state index contributed by atoms with van der Waals surface area (Å²) in [6.07, 6.45) is 0.108. The normalized spacial score (nSPS) is 17.0. The Kier molecular flexibility index (Phi) is 11.1. The van der Waals surface area contributed by atoms with E-state index in [0.29, 0.717) is 20.4 Å². The van der Waals surface area contributed by atoms with Crippen LogP contribution in [0.3, 0.4) is 0 Å². The van der Waals surface area contributed by atoms with Crippen molar-refractivity contribution < 1.29 is 19.2 Å². The Bertz CT molecular complexity index is 1650. The van der Waals surface area contributed by atoms with Gasteiger partial charge >= 0.3 is 0 Å². The second-order valence-corrected chi connectivity index (χ2v) is 16.5. The number of anilines is 1. The quantitative estimate of drug-likeness (QED) is 0.0695. The summed E-state index contributed by atoms with van der Waals surface area (Å²) in [5.74, 6) is -0.844. The molecule has 3 heterocycles. The average molecular weight is 786 g/mol. The van der Waals surface area contributed by atoms with E-state index in [2.05, 4.69) is 15.0 Å². The van der Waals surface area contributed by atoms with Crippen molar-refractivity contribution in [2.75, 3.05) is 31.8 Å². The highest BCUT2D eigenvalue weighted by molar-refractivity contribution is 8.27. The van der Waals surface area contributed by atoms with Crippen LogP contribution in [0.15, 0.2) is 63.4 Å². The number of ketones is 1. The van der Waals surface area contributed by atoms with Gasteiger partial charge in [0.25, 0.3) is 5.91 Å². The van der Waals surface area contributed by atoms with Crippen LogP contribution in [0.4, 0.5) is 5.69 Å². The Hall–Kier alpha value is -1.42. The van der Waals surface area contributed by atoms with Crippen LogP contribution in [0, 0.1) is 0 Å². The van der Waals surface area contributed by atoms with Gasteiger partial charge in [-0.05, 0) is 36.1 Å². The first kappa shape index (κ1) is 34.9. The SMILES string of the molecule is CN1/C(=C2\SC(=S)N(OCCOCCC(=O)c3ccc(-c4nc(C(Cl)(Cl)Cl)nc(C(Cl)(Cl)Cl)n4)cc3)C2=O)Sc2ccccc21. The van der Waals surface area contributed by atoms with E-state index >= 15 is 0 Å². The van der Waals surface area contributed by atoms with E-state index in [1.54, 1.807) is 24.3 Å². The first-order valence-corrected chi connectivity index (χ1v) is 17.1. The topological polar surface area (TPSA) is 97.8 Å². The summed E-state index contributed by atoms with van der Waals surface area (Å²) in [6, 6.07) is 14.3. The lowest BCUT2D eigenvalue weighted by Crippen LogP contribution is -2.30. The summed E-state index contributed by atoms with van der Waals surface area (Å²) in [4.78, 5) is 47.2. The second kappa shape index (κ2) is 14.4. The minimum Gasteiger partial charge on any atom is -0.378 e. The molecule has 1 fully saturated rings. The van der Waals surface area contributed by atoms with Gasteiger partial charge in [-0.3, -0.25) is 14.4 Å². The van der Waals surface area contributed by atoms with Gasteiger partial charge in [0, 0.05) is 29.5 Å². The molecule has 1 aromatic heterocycles. The molecule has 0 N–H and O–H groups in total. The number of nitrogens with zero attached hydrogens (tertiary/aromatic N) is 5. The van der Waals surface area contributed by atoms with E-state index in [9.17, 15) is 9.59 Å². The molecule has 3 aromatic rings. The van der Waals surface area contributed by atoms with Crippen molar-refractivity contribution in [1.29, 1.82) is 0 Å². The maximum Gasteiger partial charge on any atom is 0.293 e. The second-order valence-electron chi connectivity index (χ2n) is 9.23. The zero-order chi connectivity index (χ0) is 32.5. The number of rotatable bonds is 9. The van der Waals surface area contributed by atoms with Crippen molar-refractivity contribution in [3.05, 3.63) is 75.7 Å². The number of hydrogen-bond acceptors (Lipinski definition) is 11. The third kappa shape index (κ3) is 8.18. The molecule has 5 rings (SSSR count). The van der Waals surface area contributed by atoms with Gasteiger partial charge in [-0.25, -0.2) is 15.0 Å². The van der Waals surface area contributed by atoms with E-state index < -0.39 is 7.59 Å². The number of ether oxygens (including phenoxy) is 1. The molecule has 236 valence electrons. The molecule has 1 saturated heterocycles. The molecule has 45 heavy (non-hydrogen) atoms. The summed E-state index contributed by atoms with van der Waals surface area (Å²) < 4.78 is 1.89. The van der Waals surface area contributed by atoms with E-state index in [-0.39, 0.29) is 55.4 Å². The van der Waals surface area contributed by atoms with Gasteiger partial charge in [0.2, 0.25) is 7.59 Å². The van der Waals surface area contributed by atoms with E-state index in [4.69, 9.17) is 91.4 Å². The number of amides is 1. The Morgan fingerprint density at radius 1 is 0.889 bits per heavy atom. The lowest BCUT2D eigenvalue weighted by molar-refractivity contribution is -0.159. The fourth-order valence-corrected chi connectivity index (χ4v) is 7.07. The molecular weight excluding hydrogens is 767 g/mol. The van der Waals surface area contributed by atoms with Crippen molar-refractivity contribution in [3.63, 3.8) is 0 Å². The number of benzene rings is 2. The highest BCUT2D eigenvalue weighted by Crippen LogP contribution is 2.49. The molecule has 9 nitrogen and oxygen atoms in total. The lowest BCUT2D eigenvalue weighted by Gasteiger charge is -2.16. The molecule has 18 heteroatoms. The summed E-state index contributed by atoms with van der Waals surface area (Å²) >= 11 is 43.7. The van der Waals surface area contributed by atoms with Crippen LogP contribution in [0.25, 0.3) is 11.4 Å². The van der Waals surface area contributed by atoms with E-state index in [1.165, 1.54) is 23.5 Å². The average Bonchev–Trinajstić information content (AvgIpc) is 3.48. The number of halogens is 6. The van der Waals surface area contributed by atoms with Crippen LogP contribution in [0.5, 0.6) is 0 Å². The molecular formula is C27H19Cl6N5O4S3. The molecule has 0 saturated carbocycles. The van der Waals surface area contributed by atoms with Gasteiger partial charge < -0.3 is 9.64 Å². The third-order valence-corrected chi connectivity index (χ3v) is 9.90. The highest BCUT2D eigenvalue weighted by atomic mass is 35.6. The molecule has 2 aliphatic rings. The van der Waals surface area contributed by atoms with Crippen molar-refractivity contribution in [3.8, 4) is 11.4 Å². The summed E-state index contributed by atoms with van der Waals surface area (Å²) in [7, 11) is 1.91. The zero-order valence-electron chi connectivity index (χ0n) is 22.8. The zero-order valence-corrected chi connectivity index (χ0v) is 29.8. The van der Waals surface area contributed by atoms with Gasteiger partial charge in [0.05, 0.1) is 30.5 Å². The van der Waals surface area contributed by atoms with Crippen LogP contribution in [0.2, 0.25) is 0 Å². The lowest BCUT2D eigenvalue weighted by atomic mass is 10.1.